The van der Waals surface area contributed by atoms with Crippen LogP contribution in [-0.4, -0.2) is 51.8 Å². The van der Waals surface area contributed by atoms with Crippen molar-refractivity contribution in [2.75, 3.05) is 18.6 Å². The van der Waals surface area contributed by atoms with Crippen LogP contribution in [0, 0.1) is 0 Å². The van der Waals surface area contributed by atoms with Crippen molar-refractivity contribution >= 4 is 35.8 Å². The third-order valence-electron chi connectivity index (χ3n) is 4.17. The van der Waals surface area contributed by atoms with Crippen LogP contribution in [0.5, 0.6) is 5.75 Å². The molecule has 0 amide bonds. The number of methoxy groups -OCH3 is 1. The Balaban J connectivity index is 1.97. The lowest BCUT2D eigenvalue weighted by atomic mass is 10.2. The zero-order valence-corrected chi connectivity index (χ0v) is 15.8. The maximum atomic E-state index is 13.0. The highest BCUT2D eigenvalue weighted by Gasteiger charge is 2.46. The van der Waals surface area contributed by atoms with Crippen molar-refractivity contribution < 1.29 is 21.6 Å². The Kier molecular flexibility index (Phi) is 4.50. The predicted molar refractivity (Wildman–Crippen MR) is 89.8 cm³/mol. The fourth-order valence-electron chi connectivity index (χ4n) is 2.93. The molecular weight excluding hydrogens is 406 g/mol. The van der Waals surface area contributed by atoms with Crippen molar-refractivity contribution in [2.45, 2.75) is 36.2 Å². The highest BCUT2D eigenvalue weighted by Crippen LogP contribution is 2.38. The molecule has 128 valence electrons. The molecule has 0 N–H and O–H groups in total. The van der Waals surface area contributed by atoms with E-state index >= 15 is 0 Å². The van der Waals surface area contributed by atoms with Gasteiger partial charge in [-0.15, -0.1) is 0 Å². The zero-order valence-electron chi connectivity index (χ0n) is 12.6. The van der Waals surface area contributed by atoms with Crippen LogP contribution in [-0.2, 0) is 19.9 Å². The zero-order chi connectivity index (χ0) is 16.8. The van der Waals surface area contributed by atoms with Gasteiger partial charge in [-0.05, 0) is 53.4 Å². The van der Waals surface area contributed by atoms with Crippen LogP contribution in [0.4, 0.5) is 0 Å². The Hall–Kier alpha value is -0.640. The maximum Gasteiger partial charge on any atom is 0.243 e. The number of ether oxygens (including phenoxy) is 1. The van der Waals surface area contributed by atoms with E-state index in [9.17, 15) is 16.8 Å². The molecule has 1 aliphatic heterocycles. The molecule has 2 aliphatic rings. The Morgan fingerprint density at radius 2 is 1.91 bits per heavy atom. The van der Waals surface area contributed by atoms with Gasteiger partial charge < -0.3 is 4.74 Å². The lowest BCUT2D eigenvalue weighted by molar-refractivity contribution is 0.332. The molecule has 2 fully saturated rings. The number of benzene rings is 1. The van der Waals surface area contributed by atoms with Gasteiger partial charge in [0, 0.05) is 12.1 Å². The van der Waals surface area contributed by atoms with Crippen LogP contribution in [0.1, 0.15) is 19.3 Å². The minimum Gasteiger partial charge on any atom is -0.496 e. The van der Waals surface area contributed by atoms with Crippen molar-refractivity contribution in [3.63, 3.8) is 0 Å². The second-order valence-electron chi connectivity index (χ2n) is 5.92. The van der Waals surface area contributed by atoms with Gasteiger partial charge in [0.2, 0.25) is 10.0 Å². The van der Waals surface area contributed by atoms with Gasteiger partial charge >= 0.3 is 0 Å². The largest absolute Gasteiger partial charge is 0.496 e. The molecule has 9 heteroatoms. The number of nitrogens with zero attached hydrogens (tertiary/aromatic N) is 1. The van der Waals surface area contributed by atoms with Gasteiger partial charge in [0.25, 0.3) is 0 Å². The van der Waals surface area contributed by atoms with Crippen LogP contribution in [0.15, 0.2) is 27.6 Å². The van der Waals surface area contributed by atoms with E-state index in [2.05, 4.69) is 15.9 Å². The topological polar surface area (TPSA) is 80.8 Å². The number of sulfone groups is 1. The molecule has 3 rings (SSSR count). The van der Waals surface area contributed by atoms with E-state index in [1.807, 2.05) is 0 Å². The predicted octanol–water partition coefficient (Wildman–Crippen LogP) is 1.80. The fraction of sp³-hybridized carbons (Fsp3) is 0.571. The highest BCUT2D eigenvalue weighted by molar-refractivity contribution is 9.10. The van der Waals surface area contributed by atoms with Crippen LogP contribution < -0.4 is 4.74 Å². The summed E-state index contributed by atoms with van der Waals surface area (Å²) >= 11 is 3.30. The Morgan fingerprint density at radius 1 is 1.22 bits per heavy atom. The molecule has 0 bridgehead atoms. The van der Waals surface area contributed by atoms with Crippen LogP contribution >= 0.6 is 15.9 Å². The van der Waals surface area contributed by atoms with Gasteiger partial charge in [0.15, 0.2) is 9.84 Å². The van der Waals surface area contributed by atoms with E-state index in [4.69, 9.17) is 4.74 Å². The Bertz CT molecular complexity index is 818. The van der Waals surface area contributed by atoms with Gasteiger partial charge in [-0.2, -0.15) is 4.31 Å². The van der Waals surface area contributed by atoms with Gasteiger partial charge in [-0.25, -0.2) is 16.8 Å². The summed E-state index contributed by atoms with van der Waals surface area (Å²) in [6.07, 6.45) is 1.94. The minimum atomic E-state index is -3.74. The molecule has 23 heavy (non-hydrogen) atoms. The Morgan fingerprint density at radius 3 is 2.39 bits per heavy atom. The summed E-state index contributed by atoms with van der Waals surface area (Å²) in [4.78, 5) is 0.154. The first-order valence-electron chi connectivity index (χ1n) is 7.32. The molecule has 1 heterocycles. The molecule has 1 saturated heterocycles. The summed E-state index contributed by atoms with van der Waals surface area (Å²) in [5, 5.41) is 0. The number of hydrogen-bond acceptors (Lipinski definition) is 5. The summed E-state index contributed by atoms with van der Waals surface area (Å²) < 4.78 is 56.7. The molecule has 1 aliphatic carbocycles. The first-order valence-corrected chi connectivity index (χ1v) is 11.4. The second kappa shape index (κ2) is 6.02. The molecule has 6 nitrogen and oxygen atoms in total. The normalized spacial score (nSPS) is 24.0. The molecule has 0 unspecified atom stereocenters. The van der Waals surface area contributed by atoms with Gasteiger partial charge in [-0.3, -0.25) is 0 Å². The molecule has 1 aromatic rings. The SMILES string of the molecule is COc1ccc(S(=O)(=O)N(C2CC2)[C@H]2CCS(=O)(=O)C2)cc1Br. The smallest absolute Gasteiger partial charge is 0.243 e. The Labute approximate surface area is 144 Å². The summed E-state index contributed by atoms with van der Waals surface area (Å²) in [6, 6.07) is 4.05. The molecule has 0 spiro atoms. The van der Waals surface area contributed by atoms with Crippen molar-refractivity contribution in [3.8, 4) is 5.75 Å². The van der Waals surface area contributed by atoms with Crippen molar-refractivity contribution in [1.29, 1.82) is 0 Å². The third kappa shape index (κ3) is 3.42. The first-order chi connectivity index (χ1) is 10.7. The van der Waals surface area contributed by atoms with Crippen LogP contribution in [0.25, 0.3) is 0 Å². The van der Waals surface area contributed by atoms with Crippen LogP contribution in [0.3, 0.4) is 0 Å². The third-order valence-corrected chi connectivity index (χ3v) is 8.54. The standard InChI is InChI=1S/C14H18BrNO5S2/c1-21-14-5-4-12(8-13(14)15)23(19,20)16(10-2-3-10)11-6-7-22(17,18)9-11/h4-5,8,10-11H,2-3,6-7,9H2,1H3/t11-/m0/s1. The lowest BCUT2D eigenvalue weighted by Crippen LogP contribution is -2.42. The highest BCUT2D eigenvalue weighted by atomic mass is 79.9. The van der Waals surface area contributed by atoms with Crippen LogP contribution in [0.2, 0.25) is 0 Å². The summed E-state index contributed by atoms with van der Waals surface area (Å²) in [7, 11) is -5.37. The summed E-state index contributed by atoms with van der Waals surface area (Å²) in [5.74, 6) is 0.522. The van der Waals surface area contributed by atoms with Gasteiger partial charge in [0.1, 0.15) is 5.75 Å². The average Bonchev–Trinajstić information content (AvgIpc) is 3.22. The second-order valence-corrected chi connectivity index (χ2v) is 10.8. The molecular formula is C14H18BrNO5S2. The number of sulfonamides is 1. The average molecular weight is 424 g/mol. The van der Waals surface area contributed by atoms with E-state index < -0.39 is 25.9 Å². The monoisotopic (exact) mass is 423 g/mol. The van der Waals surface area contributed by atoms with Crippen molar-refractivity contribution in [1.82, 2.24) is 4.31 Å². The number of rotatable bonds is 5. The molecule has 0 radical (unpaired) electrons. The molecule has 1 atom stereocenters. The number of halogens is 1. The summed E-state index contributed by atoms with van der Waals surface area (Å²) in [5.41, 5.74) is 0. The quantitative estimate of drug-likeness (QED) is 0.720. The minimum absolute atomic E-state index is 0.0582. The van der Waals surface area contributed by atoms with Gasteiger partial charge in [-0.1, -0.05) is 0 Å². The van der Waals surface area contributed by atoms with E-state index in [-0.39, 0.29) is 22.4 Å². The molecule has 1 saturated carbocycles. The fourth-order valence-corrected chi connectivity index (χ4v) is 7.35. The molecule has 1 aromatic carbocycles. The van der Waals surface area contributed by atoms with Gasteiger partial charge in [0.05, 0.1) is 28.0 Å². The number of hydrogen-bond donors (Lipinski definition) is 0. The first kappa shape index (κ1) is 17.2. The van der Waals surface area contributed by atoms with Crippen molar-refractivity contribution in [2.24, 2.45) is 0 Å². The maximum absolute atomic E-state index is 13.0. The lowest BCUT2D eigenvalue weighted by Gasteiger charge is -2.27. The van der Waals surface area contributed by atoms with E-state index in [0.717, 1.165) is 12.8 Å². The van der Waals surface area contributed by atoms with Crippen molar-refractivity contribution in [3.05, 3.63) is 22.7 Å². The summed E-state index contributed by atoms with van der Waals surface area (Å²) in [6.45, 7) is 0. The van der Waals surface area contributed by atoms with E-state index in [0.29, 0.717) is 16.6 Å². The van der Waals surface area contributed by atoms with E-state index in [1.165, 1.54) is 23.5 Å². The molecule has 0 aromatic heterocycles. The van der Waals surface area contributed by atoms with E-state index in [1.54, 1.807) is 6.07 Å².